The van der Waals surface area contributed by atoms with Crippen molar-refractivity contribution in [1.29, 1.82) is 0 Å². The van der Waals surface area contributed by atoms with E-state index in [0.29, 0.717) is 0 Å². The zero-order chi connectivity index (χ0) is 73.6. The van der Waals surface area contributed by atoms with Gasteiger partial charge >= 0.3 is 0 Å². The van der Waals surface area contributed by atoms with Crippen molar-refractivity contribution < 1.29 is 0 Å². The average Bonchev–Trinajstić information content (AvgIpc) is 1.47. The van der Waals surface area contributed by atoms with Crippen LogP contribution in [0, 0.1) is 0 Å². The van der Waals surface area contributed by atoms with Crippen molar-refractivity contribution in [2.24, 2.45) is 0 Å². The van der Waals surface area contributed by atoms with Gasteiger partial charge in [-0.1, -0.05) is 370 Å². The lowest BCUT2D eigenvalue weighted by Crippen LogP contribution is -2.07. The Morgan fingerprint density at radius 2 is 0.405 bits per heavy atom. The molecule has 0 fully saturated rings. The van der Waals surface area contributed by atoms with Crippen LogP contribution in [-0.4, -0.2) is 0 Å². The summed E-state index contributed by atoms with van der Waals surface area (Å²) in [7, 11) is 0. The standard InChI is InChI=1S/C40H28.C36H28.C35H26/c1-2-13-28(14-3-1)33-25-24-29-15-6-7-17-32(29)39(33)40-36-20-10-8-18-34(36)38(35-19-9-11-21-37(35)40)31-23-22-27-12-4-5-16-30(27)26-31;1-2-13-26(14-3-1)29-16-6-7-17-30(29)36-33-20-10-8-18-31(33)35(32-19-9-11-21-34(32)36)28-23-22-25-12-4-5-15-27(25)24-28;1-2-12-25(13-3-1)28-19-10-20-29(28)35-32-17-8-6-15-30(32)34(31-16-7-9-18-33(31)35)27-22-21-24-11-4-5-14-26(24)23-27/h1-23,26H,24-25H2;1-5,8-15,18-24H,6-7,16-17H2;1-9,11-18,21-23H,10,19-20H2. The summed E-state index contributed by atoms with van der Waals surface area (Å²) in [6, 6.07) is 143. The Kier molecular flexibility index (Phi) is 17.8. The number of benzene rings is 19. The fraction of sp³-hybridized carbons (Fsp3) is 0.0811. The normalized spacial score (nSPS) is 13.7. The quantitative estimate of drug-likeness (QED) is 0.126. The summed E-state index contributed by atoms with van der Waals surface area (Å²) >= 11 is 0. The van der Waals surface area contributed by atoms with Crippen LogP contribution in [0.4, 0.5) is 0 Å². The van der Waals surface area contributed by atoms with E-state index in [9.17, 15) is 0 Å². The summed E-state index contributed by atoms with van der Waals surface area (Å²) in [6.07, 6.45) is 10.4. The predicted octanol–water partition coefficient (Wildman–Crippen LogP) is 30.9. The molecule has 0 spiro atoms. The van der Waals surface area contributed by atoms with Crippen molar-refractivity contribution in [2.75, 3.05) is 0 Å². The highest BCUT2D eigenvalue weighted by atomic mass is 14.3. The van der Waals surface area contributed by atoms with Gasteiger partial charge in [0.2, 0.25) is 0 Å². The van der Waals surface area contributed by atoms with Crippen LogP contribution in [0.1, 0.15) is 95.9 Å². The molecule has 0 saturated heterocycles. The van der Waals surface area contributed by atoms with E-state index in [2.05, 4.69) is 388 Å². The first kappa shape index (κ1) is 67.1. The maximum atomic E-state index is 2.36. The molecule has 0 nitrogen and oxygen atoms in total. The molecule has 0 heterocycles. The molecule has 0 radical (unpaired) electrons. The van der Waals surface area contributed by atoms with Gasteiger partial charge in [0.25, 0.3) is 0 Å². The van der Waals surface area contributed by atoms with Crippen LogP contribution in [0.15, 0.2) is 388 Å². The molecule has 111 heavy (non-hydrogen) atoms. The van der Waals surface area contributed by atoms with Crippen molar-refractivity contribution in [2.45, 2.75) is 57.8 Å². The minimum absolute atomic E-state index is 1.03. The van der Waals surface area contributed by atoms with E-state index in [1.54, 1.807) is 0 Å². The van der Waals surface area contributed by atoms with Crippen molar-refractivity contribution in [3.05, 3.63) is 433 Å². The zero-order valence-electron chi connectivity index (χ0n) is 62.3. The Bertz CT molecular complexity index is 6770. The van der Waals surface area contributed by atoms with Crippen molar-refractivity contribution >= 4 is 130 Å². The molecule has 0 aromatic heterocycles. The zero-order valence-corrected chi connectivity index (χ0v) is 62.3. The van der Waals surface area contributed by atoms with Crippen LogP contribution in [-0.2, 0) is 6.42 Å². The minimum atomic E-state index is 1.03. The summed E-state index contributed by atoms with van der Waals surface area (Å²) in [5, 5.41) is 23.7. The third kappa shape index (κ3) is 12.3. The molecule has 19 aromatic rings. The second-order valence-corrected chi connectivity index (χ2v) is 30.3. The van der Waals surface area contributed by atoms with E-state index in [1.807, 2.05) is 0 Å². The summed E-state index contributed by atoms with van der Waals surface area (Å²) in [4.78, 5) is 0. The number of rotatable bonds is 9. The number of fused-ring (bicyclic) bond motifs is 10. The van der Waals surface area contributed by atoms with Crippen LogP contribution >= 0.6 is 0 Å². The molecule has 0 aliphatic heterocycles. The topological polar surface area (TPSA) is 0 Å². The number of aryl methyl sites for hydroxylation is 1. The Balaban J connectivity index is 0.000000109. The molecular formula is C111H82. The van der Waals surface area contributed by atoms with E-state index in [-0.39, 0.29) is 0 Å². The third-order valence-corrected chi connectivity index (χ3v) is 24.0. The second kappa shape index (κ2) is 29.4. The summed E-state index contributed by atoms with van der Waals surface area (Å²) in [5.74, 6) is 0. The van der Waals surface area contributed by atoms with Gasteiger partial charge in [-0.05, 0) is 284 Å². The van der Waals surface area contributed by atoms with Crippen LogP contribution in [0.5, 0.6) is 0 Å². The van der Waals surface area contributed by atoms with E-state index in [0.717, 1.165) is 38.5 Å². The molecule has 0 saturated carbocycles. The lowest BCUT2D eigenvalue weighted by atomic mass is 9.76. The van der Waals surface area contributed by atoms with E-state index < -0.39 is 0 Å². The van der Waals surface area contributed by atoms with Gasteiger partial charge in [-0.3, -0.25) is 0 Å². The molecule has 22 rings (SSSR count). The monoisotopic (exact) mass is 1410 g/mol. The molecule has 0 heteroatoms. The highest BCUT2D eigenvalue weighted by molar-refractivity contribution is 6.25. The van der Waals surface area contributed by atoms with Gasteiger partial charge in [-0.2, -0.15) is 0 Å². The van der Waals surface area contributed by atoms with Crippen LogP contribution in [0.2, 0.25) is 0 Å². The number of allylic oxidation sites excluding steroid dienone is 5. The Hall–Kier alpha value is -13.3. The summed E-state index contributed by atoms with van der Waals surface area (Å²) in [6.45, 7) is 0. The van der Waals surface area contributed by atoms with Gasteiger partial charge in [0.1, 0.15) is 0 Å². The SMILES string of the molecule is c1ccc(C2=C(c3c4ccccc4c(-c4ccc5ccccc5c4)c4ccccc34)CCC2)cc1.c1ccc(C2=C(c3c4ccccc4c(-c4ccc5ccccc5c4)c4ccccc34)CCCC2)cc1.c1ccc(C2=C(c3c4ccccc4c(-c4ccc5ccccc5c4)c4ccccc34)c3ccccc3CC2)cc1. The molecule has 3 aliphatic rings. The van der Waals surface area contributed by atoms with Gasteiger partial charge in [0.05, 0.1) is 0 Å². The minimum Gasteiger partial charge on any atom is -0.0622 e. The maximum Gasteiger partial charge on any atom is -0.00173 e. The van der Waals surface area contributed by atoms with Gasteiger partial charge < -0.3 is 0 Å². The smallest absolute Gasteiger partial charge is 0.00173 e. The molecule has 0 bridgehead atoms. The average molecular weight is 1420 g/mol. The van der Waals surface area contributed by atoms with E-state index in [4.69, 9.17) is 0 Å². The molecule has 0 N–H and O–H groups in total. The molecule has 0 unspecified atom stereocenters. The van der Waals surface area contributed by atoms with E-state index >= 15 is 0 Å². The molecule has 0 atom stereocenters. The highest BCUT2D eigenvalue weighted by Gasteiger charge is 2.29. The molecule has 0 amide bonds. The molecule has 19 aromatic carbocycles. The van der Waals surface area contributed by atoms with E-state index in [1.165, 1.54) is 228 Å². The van der Waals surface area contributed by atoms with Crippen molar-refractivity contribution in [3.8, 4) is 33.4 Å². The fourth-order valence-electron chi connectivity index (χ4n) is 19.1. The van der Waals surface area contributed by atoms with Crippen molar-refractivity contribution in [1.82, 2.24) is 0 Å². The van der Waals surface area contributed by atoms with Gasteiger partial charge in [-0.25, -0.2) is 0 Å². The highest BCUT2D eigenvalue weighted by Crippen LogP contribution is 2.53. The first-order chi connectivity index (χ1) is 55.1. The lowest BCUT2D eigenvalue weighted by molar-refractivity contribution is 0.754. The first-order valence-electron chi connectivity index (χ1n) is 39.8. The summed E-state index contributed by atoms with van der Waals surface area (Å²) < 4.78 is 0. The summed E-state index contributed by atoms with van der Waals surface area (Å²) in [5.41, 5.74) is 27.8. The van der Waals surface area contributed by atoms with Crippen LogP contribution < -0.4 is 0 Å². The number of hydrogen-bond acceptors (Lipinski definition) is 0. The molecule has 3 aliphatic carbocycles. The first-order valence-corrected chi connectivity index (χ1v) is 39.8. The predicted molar refractivity (Wildman–Crippen MR) is 479 cm³/mol. The third-order valence-electron chi connectivity index (χ3n) is 24.0. The van der Waals surface area contributed by atoms with Gasteiger partial charge in [0.15, 0.2) is 0 Å². The largest absolute Gasteiger partial charge is 0.0622 e. The van der Waals surface area contributed by atoms with Crippen molar-refractivity contribution in [3.63, 3.8) is 0 Å². The Morgan fingerprint density at radius 1 is 0.144 bits per heavy atom. The van der Waals surface area contributed by atoms with Gasteiger partial charge in [0, 0.05) is 0 Å². The number of hydrogen-bond donors (Lipinski definition) is 0. The maximum absolute atomic E-state index is 2.36. The fourth-order valence-corrected chi connectivity index (χ4v) is 19.1. The van der Waals surface area contributed by atoms with Crippen LogP contribution in [0.25, 0.3) is 164 Å². The Morgan fingerprint density at radius 3 is 0.766 bits per heavy atom. The molecular weight excluding hydrogens is 1330 g/mol. The van der Waals surface area contributed by atoms with Crippen LogP contribution in [0.3, 0.4) is 0 Å². The second-order valence-electron chi connectivity index (χ2n) is 30.3. The van der Waals surface area contributed by atoms with Gasteiger partial charge in [-0.15, -0.1) is 0 Å². The Labute approximate surface area is 649 Å². The lowest BCUT2D eigenvalue weighted by Gasteiger charge is -2.27. The molecule has 526 valence electrons.